The van der Waals surface area contributed by atoms with Crippen molar-refractivity contribution in [3.8, 4) is 0 Å². The van der Waals surface area contributed by atoms with E-state index in [1.165, 1.54) is 6.07 Å². The predicted octanol–water partition coefficient (Wildman–Crippen LogP) is 3.28. The molecule has 17 heavy (non-hydrogen) atoms. The molecule has 2 atom stereocenters. The fourth-order valence-corrected chi connectivity index (χ4v) is 2.58. The predicted molar refractivity (Wildman–Crippen MR) is 69.4 cm³/mol. The third-order valence-corrected chi connectivity index (χ3v) is 3.63. The van der Waals surface area contributed by atoms with Gasteiger partial charge in [0.25, 0.3) is 0 Å². The van der Waals surface area contributed by atoms with E-state index in [1.54, 1.807) is 0 Å². The molecular formula is C13H17BrFNO. The summed E-state index contributed by atoms with van der Waals surface area (Å²) < 4.78 is 20.3. The molecule has 0 aliphatic carbocycles. The van der Waals surface area contributed by atoms with Crippen molar-refractivity contribution in [2.24, 2.45) is 5.92 Å². The maximum absolute atomic E-state index is 13.9. The second-order valence-electron chi connectivity index (χ2n) is 4.31. The molecule has 2 unspecified atom stereocenters. The van der Waals surface area contributed by atoms with Crippen LogP contribution in [-0.2, 0) is 4.74 Å². The zero-order valence-corrected chi connectivity index (χ0v) is 11.5. The molecular weight excluding hydrogens is 285 g/mol. The molecule has 2 rings (SSSR count). The summed E-state index contributed by atoms with van der Waals surface area (Å²) in [6.07, 6.45) is 0.884. The Bertz CT molecular complexity index is 386. The van der Waals surface area contributed by atoms with Gasteiger partial charge in [0.15, 0.2) is 0 Å². The summed E-state index contributed by atoms with van der Waals surface area (Å²) in [5, 5.41) is 3.31. The van der Waals surface area contributed by atoms with Crippen LogP contribution in [-0.4, -0.2) is 19.7 Å². The lowest BCUT2D eigenvalue weighted by Gasteiger charge is -2.19. The summed E-state index contributed by atoms with van der Waals surface area (Å²) >= 11 is 3.27. The van der Waals surface area contributed by atoms with E-state index in [9.17, 15) is 4.39 Å². The fraction of sp³-hybridized carbons (Fsp3) is 0.538. The minimum Gasteiger partial charge on any atom is -0.373 e. The molecule has 1 aliphatic rings. The molecule has 0 aromatic heterocycles. The molecule has 1 heterocycles. The van der Waals surface area contributed by atoms with Crippen molar-refractivity contribution in [1.29, 1.82) is 0 Å². The monoisotopic (exact) mass is 301 g/mol. The Balaban J connectivity index is 2.14. The Hall–Kier alpha value is -0.450. The highest BCUT2D eigenvalue weighted by molar-refractivity contribution is 9.10. The number of hydrogen-bond donors (Lipinski definition) is 1. The smallest absolute Gasteiger partial charge is 0.130 e. The Morgan fingerprint density at radius 3 is 3.06 bits per heavy atom. The van der Waals surface area contributed by atoms with Gasteiger partial charge >= 0.3 is 0 Å². The topological polar surface area (TPSA) is 21.3 Å². The Labute approximate surface area is 110 Å². The molecule has 0 radical (unpaired) electrons. The molecule has 1 saturated heterocycles. The van der Waals surface area contributed by atoms with Crippen LogP contribution >= 0.6 is 15.9 Å². The van der Waals surface area contributed by atoms with Gasteiger partial charge in [0.05, 0.1) is 6.10 Å². The lowest BCUT2D eigenvalue weighted by atomic mass is 9.95. The van der Waals surface area contributed by atoms with Gasteiger partial charge in [-0.1, -0.05) is 28.9 Å². The van der Waals surface area contributed by atoms with Crippen LogP contribution in [0.3, 0.4) is 0 Å². The van der Waals surface area contributed by atoms with Gasteiger partial charge in [0.1, 0.15) is 5.82 Å². The molecule has 2 nitrogen and oxygen atoms in total. The second kappa shape index (κ2) is 5.94. The largest absolute Gasteiger partial charge is 0.373 e. The first-order chi connectivity index (χ1) is 8.22. The third kappa shape index (κ3) is 3.06. The molecule has 4 heteroatoms. The van der Waals surface area contributed by atoms with E-state index in [4.69, 9.17) is 4.74 Å². The van der Waals surface area contributed by atoms with Gasteiger partial charge in [-0.25, -0.2) is 4.39 Å². The molecule has 1 aliphatic heterocycles. The van der Waals surface area contributed by atoms with Gasteiger partial charge in [0.2, 0.25) is 0 Å². The van der Waals surface area contributed by atoms with E-state index >= 15 is 0 Å². The van der Waals surface area contributed by atoms with Crippen molar-refractivity contribution < 1.29 is 9.13 Å². The number of nitrogens with one attached hydrogen (secondary N) is 1. The van der Waals surface area contributed by atoms with E-state index in [1.807, 2.05) is 12.1 Å². The zero-order valence-electron chi connectivity index (χ0n) is 9.88. The summed E-state index contributed by atoms with van der Waals surface area (Å²) in [5.74, 6) is 0.179. The van der Waals surface area contributed by atoms with Crippen molar-refractivity contribution in [3.05, 3.63) is 34.1 Å². The molecule has 0 spiro atoms. The van der Waals surface area contributed by atoms with E-state index in [2.05, 4.69) is 28.2 Å². The summed E-state index contributed by atoms with van der Waals surface area (Å²) in [6.45, 7) is 4.62. The summed E-state index contributed by atoms with van der Waals surface area (Å²) in [5.41, 5.74) is 0.675. The van der Waals surface area contributed by atoms with Crippen LogP contribution in [0.4, 0.5) is 4.39 Å². The fourth-order valence-electron chi connectivity index (χ4n) is 2.25. The Morgan fingerprint density at radius 2 is 2.35 bits per heavy atom. The van der Waals surface area contributed by atoms with E-state index in [-0.39, 0.29) is 11.9 Å². The first-order valence-corrected chi connectivity index (χ1v) is 6.79. The average Bonchev–Trinajstić information content (AvgIpc) is 2.74. The van der Waals surface area contributed by atoms with Crippen molar-refractivity contribution in [1.82, 2.24) is 5.32 Å². The standard InChI is InChI=1S/C13H17BrFNO/c1-2-16-8-9-5-6-17-13(9)11-4-3-10(14)7-12(11)15/h3-4,7,9,13,16H,2,5-6,8H2,1H3. The quantitative estimate of drug-likeness (QED) is 0.921. The first kappa shape index (κ1) is 13.0. The van der Waals surface area contributed by atoms with E-state index < -0.39 is 0 Å². The van der Waals surface area contributed by atoms with Gasteiger partial charge in [-0.2, -0.15) is 0 Å². The lowest BCUT2D eigenvalue weighted by molar-refractivity contribution is 0.0876. The molecule has 1 N–H and O–H groups in total. The number of benzene rings is 1. The maximum atomic E-state index is 13.9. The van der Waals surface area contributed by atoms with Crippen LogP contribution in [0.2, 0.25) is 0 Å². The van der Waals surface area contributed by atoms with Crippen LogP contribution in [0, 0.1) is 11.7 Å². The highest BCUT2D eigenvalue weighted by atomic mass is 79.9. The minimum atomic E-state index is -0.187. The van der Waals surface area contributed by atoms with Crippen molar-refractivity contribution in [3.63, 3.8) is 0 Å². The van der Waals surface area contributed by atoms with Crippen molar-refractivity contribution >= 4 is 15.9 Å². The highest BCUT2D eigenvalue weighted by Gasteiger charge is 2.31. The third-order valence-electron chi connectivity index (χ3n) is 3.14. The summed E-state index contributed by atoms with van der Waals surface area (Å²) in [7, 11) is 0. The Kier molecular flexibility index (Phi) is 4.54. The van der Waals surface area contributed by atoms with E-state index in [0.29, 0.717) is 11.5 Å². The highest BCUT2D eigenvalue weighted by Crippen LogP contribution is 2.36. The average molecular weight is 302 g/mol. The van der Waals surface area contributed by atoms with Gasteiger partial charge in [0, 0.05) is 29.1 Å². The van der Waals surface area contributed by atoms with Crippen LogP contribution in [0.5, 0.6) is 0 Å². The van der Waals surface area contributed by atoms with E-state index in [0.717, 1.165) is 30.6 Å². The minimum absolute atomic E-state index is 0.109. The van der Waals surface area contributed by atoms with Crippen LogP contribution in [0.25, 0.3) is 0 Å². The Morgan fingerprint density at radius 1 is 1.53 bits per heavy atom. The maximum Gasteiger partial charge on any atom is 0.130 e. The SMILES string of the molecule is CCNCC1CCOC1c1ccc(Br)cc1F. The van der Waals surface area contributed by atoms with Crippen molar-refractivity contribution in [2.45, 2.75) is 19.4 Å². The molecule has 0 saturated carbocycles. The number of halogens is 2. The lowest BCUT2D eigenvalue weighted by Crippen LogP contribution is -2.25. The number of rotatable bonds is 4. The zero-order chi connectivity index (χ0) is 12.3. The van der Waals surface area contributed by atoms with Gasteiger partial charge in [-0.15, -0.1) is 0 Å². The molecule has 1 fully saturated rings. The van der Waals surface area contributed by atoms with Crippen LogP contribution < -0.4 is 5.32 Å². The molecule has 0 bridgehead atoms. The van der Waals surface area contributed by atoms with Gasteiger partial charge in [-0.05, 0) is 25.1 Å². The molecule has 94 valence electrons. The number of hydrogen-bond acceptors (Lipinski definition) is 2. The van der Waals surface area contributed by atoms with Crippen LogP contribution in [0.1, 0.15) is 25.0 Å². The normalized spacial score (nSPS) is 24.2. The van der Waals surface area contributed by atoms with Crippen molar-refractivity contribution in [2.75, 3.05) is 19.7 Å². The van der Waals surface area contributed by atoms with Gasteiger partial charge < -0.3 is 10.1 Å². The molecule has 1 aromatic carbocycles. The summed E-state index contributed by atoms with van der Waals surface area (Å²) in [6, 6.07) is 5.18. The molecule has 1 aromatic rings. The van der Waals surface area contributed by atoms with Crippen LogP contribution in [0.15, 0.2) is 22.7 Å². The first-order valence-electron chi connectivity index (χ1n) is 5.99. The van der Waals surface area contributed by atoms with Gasteiger partial charge in [-0.3, -0.25) is 0 Å². The summed E-state index contributed by atoms with van der Waals surface area (Å²) in [4.78, 5) is 0. The second-order valence-corrected chi connectivity index (χ2v) is 5.23. The number of ether oxygens (including phenoxy) is 1. The molecule has 0 amide bonds.